The fraction of sp³-hybridized carbons (Fsp3) is 0.250. The van der Waals surface area contributed by atoms with Gasteiger partial charge < -0.3 is 23.4 Å². The second kappa shape index (κ2) is 13.2. The van der Waals surface area contributed by atoms with Crippen LogP contribution >= 0.6 is 0 Å². The van der Waals surface area contributed by atoms with E-state index in [9.17, 15) is 0 Å². The first-order valence-corrected chi connectivity index (χ1v) is 12.6. The molecule has 1 aliphatic heterocycles. The molecule has 5 heteroatoms. The van der Waals surface area contributed by atoms with Crippen molar-refractivity contribution in [1.82, 2.24) is 0 Å². The smallest absolute Gasteiger partial charge is 0.137 e. The molecule has 37 heavy (non-hydrogen) atoms. The number of furan rings is 1. The third-order valence-electron chi connectivity index (χ3n) is 6.16. The maximum Gasteiger partial charge on any atom is 0.137 e. The zero-order valence-corrected chi connectivity index (χ0v) is 20.8. The Kier molecular flexibility index (Phi) is 8.97. The molecular formula is C32H32O5. The minimum atomic E-state index is -0.315. The molecule has 0 aliphatic carbocycles. The molecule has 0 N–H and O–H groups in total. The van der Waals surface area contributed by atoms with Crippen LogP contribution in [0.15, 0.2) is 120 Å². The third kappa shape index (κ3) is 7.51. The lowest BCUT2D eigenvalue weighted by Crippen LogP contribution is -2.37. The standard InChI is InChI=1S/C32H32O5/c1-4-10-25(11-5-1)20-33-23-28-16-17-30(36-28)31-19-18-29(35-22-27-14-8-3-9-15-27)32(37-31)24-34-21-26-12-6-2-7-13-26/h1-19,29,31-32H,20-24H2/t29-,31?,32+/m0/s1. The van der Waals surface area contributed by atoms with E-state index < -0.39 is 0 Å². The number of ether oxygens (including phenoxy) is 4. The van der Waals surface area contributed by atoms with Gasteiger partial charge in [0, 0.05) is 0 Å². The molecule has 190 valence electrons. The van der Waals surface area contributed by atoms with Crippen LogP contribution in [0.2, 0.25) is 0 Å². The van der Waals surface area contributed by atoms with Crippen molar-refractivity contribution < 1.29 is 23.4 Å². The van der Waals surface area contributed by atoms with Crippen molar-refractivity contribution in [1.29, 1.82) is 0 Å². The van der Waals surface area contributed by atoms with Gasteiger partial charge in [-0.05, 0) is 34.9 Å². The van der Waals surface area contributed by atoms with Gasteiger partial charge >= 0.3 is 0 Å². The first kappa shape index (κ1) is 25.2. The average Bonchev–Trinajstić information content (AvgIpc) is 3.43. The van der Waals surface area contributed by atoms with E-state index in [-0.39, 0.29) is 18.3 Å². The molecule has 2 heterocycles. The van der Waals surface area contributed by atoms with Crippen LogP contribution in [-0.2, 0) is 45.4 Å². The predicted molar refractivity (Wildman–Crippen MR) is 142 cm³/mol. The molecule has 4 aromatic rings. The monoisotopic (exact) mass is 496 g/mol. The van der Waals surface area contributed by atoms with Gasteiger partial charge in [-0.1, -0.05) is 97.1 Å². The molecule has 0 bridgehead atoms. The molecule has 5 nitrogen and oxygen atoms in total. The van der Waals surface area contributed by atoms with Gasteiger partial charge in [-0.15, -0.1) is 0 Å². The summed E-state index contributed by atoms with van der Waals surface area (Å²) in [5, 5.41) is 0. The van der Waals surface area contributed by atoms with Gasteiger partial charge in [-0.2, -0.15) is 0 Å². The summed E-state index contributed by atoms with van der Waals surface area (Å²) in [5.74, 6) is 1.51. The Balaban J connectivity index is 1.19. The van der Waals surface area contributed by atoms with Crippen LogP contribution < -0.4 is 0 Å². The van der Waals surface area contributed by atoms with Gasteiger partial charge in [-0.25, -0.2) is 0 Å². The SMILES string of the molecule is C1=C[C@H](OCc2ccccc2)[C@@H](COCc2ccccc2)OC1c1ccc(COCc2ccccc2)o1. The second-order valence-corrected chi connectivity index (χ2v) is 9.02. The van der Waals surface area contributed by atoms with Crippen LogP contribution in [0.5, 0.6) is 0 Å². The van der Waals surface area contributed by atoms with Crippen LogP contribution in [0.3, 0.4) is 0 Å². The van der Waals surface area contributed by atoms with Crippen LogP contribution in [0, 0.1) is 0 Å². The maximum atomic E-state index is 6.43. The second-order valence-electron chi connectivity index (χ2n) is 9.02. The van der Waals surface area contributed by atoms with Crippen LogP contribution in [0.1, 0.15) is 34.3 Å². The predicted octanol–water partition coefficient (Wildman–Crippen LogP) is 6.79. The zero-order valence-electron chi connectivity index (χ0n) is 20.8. The highest BCUT2D eigenvalue weighted by Gasteiger charge is 2.30. The molecule has 0 spiro atoms. The average molecular weight is 497 g/mol. The molecule has 0 amide bonds. The summed E-state index contributed by atoms with van der Waals surface area (Å²) in [4.78, 5) is 0. The van der Waals surface area contributed by atoms with Crippen molar-refractivity contribution in [2.75, 3.05) is 6.61 Å². The molecule has 3 atom stereocenters. The van der Waals surface area contributed by atoms with E-state index in [1.807, 2.05) is 84.9 Å². The van der Waals surface area contributed by atoms with Crippen molar-refractivity contribution in [3.8, 4) is 0 Å². The van der Waals surface area contributed by atoms with Gasteiger partial charge in [0.25, 0.3) is 0 Å². The molecule has 1 unspecified atom stereocenters. The Labute approximate surface area is 218 Å². The molecule has 3 aromatic carbocycles. The fourth-order valence-electron chi connectivity index (χ4n) is 4.21. The van der Waals surface area contributed by atoms with E-state index in [2.05, 4.69) is 30.3 Å². The van der Waals surface area contributed by atoms with Crippen molar-refractivity contribution >= 4 is 0 Å². The summed E-state index contributed by atoms with van der Waals surface area (Å²) in [6, 6.07) is 34.3. The third-order valence-corrected chi connectivity index (χ3v) is 6.16. The van der Waals surface area contributed by atoms with Gasteiger partial charge in [0.15, 0.2) is 0 Å². The Morgan fingerprint density at radius 2 is 1.16 bits per heavy atom. The highest BCUT2D eigenvalue weighted by atomic mass is 16.6. The van der Waals surface area contributed by atoms with Crippen molar-refractivity contribution in [2.24, 2.45) is 0 Å². The van der Waals surface area contributed by atoms with Gasteiger partial charge in [0.2, 0.25) is 0 Å². The van der Waals surface area contributed by atoms with Crippen LogP contribution in [0.4, 0.5) is 0 Å². The lowest BCUT2D eigenvalue weighted by molar-refractivity contribution is -0.123. The maximum absolute atomic E-state index is 6.43. The summed E-state index contributed by atoms with van der Waals surface area (Å²) < 4.78 is 30.6. The molecule has 0 radical (unpaired) electrons. The Morgan fingerprint density at radius 1 is 0.568 bits per heavy atom. The fourth-order valence-corrected chi connectivity index (χ4v) is 4.21. The van der Waals surface area contributed by atoms with Crippen molar-refractivity contribution in [3.63, 3.8) is 0 Å². The molecular weight excluding hydrogens is 464 g/mol. The molecule has 5 rings (SSSR count). The largest absolute Gasteiger partial charge is 0.460 e. The van der Waals surface area contributed by atoms with E-state index in [4.69, 9.17) is 23.4 Å². The van der Waals surface area contributed by atoms with Gasteiger partial charge in [0.1, 0.15) is 36.4 Å². The Morgan fingerprint density at radius 3 is 1.81 bits per heavy atom. The number of hydrogen-bond acceptors (Lipinski definition) is 5. The van der Waals surface area contributed by atoms with E-state index in [1.54, 1.807) is 0 Å². The summed E-state index contributed by atoms with van der Waals surface area (Å²) in [5.41, 5.74) is 3.37. The highest BCUT2D eigenvalue weighted by Crippen LogP contribution is 2.30. The minimum absolute atomic E-state index is 0.226. The lowest BCUT2D eigenvalue weighted by Gasteiger charge is -2.31. The van der Waals surface area contributed by atoms with E-state index >= 15 is 0 Å². The summed E-state index contributed by atoms with van der Waals surface area (Å²) in [7, 11) is 0. The summed E-state index contributed by atoms with van der Waals surface area (Å²) in [6.07, 6.45) is 3.24. The topological polar surface area (TPSA) is 50.1 Å². The Hall–Kier alpha value is -3.48. The minimum Gasteiger partial charge on any atom is -0.460 e. The number of rotatable bonds is 12. The molecule has 1 aromatic heterocycles. The van der Waals surface area contributed by atoms with Gasteiger partial charge in [-0.3, -0.25) is 0 Å². The van der Waals surface area contributed by atoms with E-state index in [1.165, 1.54) is 0 Å². The summed E-state index contributed by atoms with van der Waals surface area (Å²) in [6.45, 7) is 2.37. The molecule has 1 aliphatic rings. The van der Waals surface area contributed by atoms with Crippen molar-refractivity contribution in [3.05, 3.63) is 143 Å². The first-order valence-electron chi connectivity index (χ1n) is 12.6. The highest BCUT2D eigenvalue weighted by molar-refractivity contribution is 5.18. The van der Waals surface area contributed by atoms with Gasteiger partial charge in [0.05, 0.1) is 26.4 Å². The molecule has 0 fully saturated rings. The van der Waals surface area contributed by atoms with Crippen LogP contribution in [-0.4, -0.2) is 18.8 Å². The number of hydrogen-bond donors (Lipinski definition) is 0. The van der Waals surface area contributed by atoms with E-state index in [0.717, 1.165) is 28.2 Å². The molecule has 0 saturated heterocycles. The van der Waals surface area contributed by atoms with E-state index in [0.29, 0.717) is 33.0 Å². The quantitative estimate of drug-likeness (QED) is 0.202. The normalized spacial score (nSPS) is 19.2. The summed E-state index contributed by atoms with van der Waals surface area (Å²) >= 11 is 0. The van der Waals surface area contributed by atoms with Crippen molar-refractivity contribution in [2.45, 2.75) is 44.7 Å². The van der Waals surface area contributed by atoms with Crippen LogP contribution in [0.25, 0.3) is 0 Å². The lowest BCUT2D eigenvalue weighted by atomic mass is 10.1. The number of benzene rings is 3. The molecule has 0 saturated carbocycles. The zero-order chi connectivity index (χ0) is 25.1. The first-order chi connectivity index (χ1) is 18.3. The Bertz CT molecular complexity index is 1220.